The van der Waals surface area contributed by atoms with Gasteiger partial charge in [0.15, 0.2) is 11.9 Å². The molecular formula is C10H12FN5O4. The highest BCUT2D eigenvalue weighted by molar-refractivity contribution is 5.64. The minimum Gasteiger partial charge on any atom is -0.394 e. The van der Waals surface area contributed by atoms with E-state index < -0.39 is 30.8 Å². The Bertz CT molecular complexity index is 605. The van der Waals surface area contributed by atoms with Crippen molar-refractivity contribution in [2.75, 3.05) is 12.3 Å². The first-order valence-corrected chi connectivity index (χ1v) is 5.77. The molecule has 108 valence electrons. The van der Waals surface area contributed by atoms with Crippen molar-refractivity contribution in [3.05, 3.63) is 12.2 Å². The maximum absolute atomic E-state index is 14.2. The lowest BCUT2D eigenvalue weighted by molar-refractivity contribution is -0.177. The molecule has 0 saturated carbocycles. The molecule has 1 fully saturated rings. The monoisotopic (exact) mass is 285 g/mol. The predicted molar refractivity (Wildman–Crippen MR) is 62.0 cm³/mol. The van der Waals surface area contributed by atoms with E-state index in [9.17, 15) is 14.6 Å². The lowest BCUT2D eigenvalue weighted by atomic mass is 10.0. The number of nitrogens with two attached hydrogens (primary N) is 1. The van der Waals surface area contributed by atoms with Gasteiger partial charge in [-0.2, -0.15) is 0 Å². The number of aliphatic hydroxyl groups is 3. The summed E-state index contributed by atoms with van der Waals surface area (Å²) in [5.74, 6) is -3.05. The summed E-state index contributed by atoms with van der Waals surface area (Å²) in [5, 5.41) is 28.3. The van der Waals surface area contributed by atoms with Gasteiger partial charge >= 0.3 is 0 Å². The number of aromatic amines is 1. The molecule has 3 aliphatic rings. The predicted octanol–water partition coefficient (Wildman–Crippen LogP) is -1.66. The summed E-state index contributed by atoms with van der Waals surface area (Å²) in [4.78, 5) is 14.2. The van der Waals surface area contributed by atoms with Crippen LogP contribution in [0.2, 0.25) is 0 Å². The molecule has 0 radical (unpaired) electrons. The number of ether oxygens (including phenoxy) is 1. The van der Waals surface area contributed by atoms with Crippen LogP contribution in [0.5, 0.6) is 0 Å². The molecule has 0 bridgehead atoms. The van der Waals surface area contributed by atoms with Gasteiger partial charge in [0, 0.05) is 0 Å². The summed E-state index contributed by atoms with van der Waals surface area (Å²) in [6.07, 6.45) is -3.57. The van der Waals surface area contributed by atoms with Crippen molar-refractivity contribution in [2.45, 2.75) is 24.2 Å². The molecule has 0 aromatic heterocycles. The van der Waals surface area contributed by atoms with Crippen molar-refractivity contribution in [3.63, 3.8) is 0 Å². The normalized spacial score (nSPS) is 33.9. The van der Waals surface area contributed by atoms with Crippen LogP contribution in [0.25, 0.3) is 11.5 Å². The smallest absolute Gasteiger partial charge is 0.269 e. The summed E-state index contributed by atoms with van der Waals surface area (Å²) in [6, 6.07) is 0. The van der Waals surface area contributed by atoms with Gasteiger partial charge < -0.3 is 30.8 Å². The van der Waals surface area contributed by atoms with Crippen LogP contribution in [-0.4, -0.2) is 59.9 Å². The third-order valence-corrected chi connectivity index (χ3v) is 3.20. The molecule has 10 heteroatoms. The molecule has 0 spiro atoms. The topological polar surface area (TPSA) is 150 Å². The Labute approximate surface area is 111 Å². The number of fused-ring (bicyclic) bond motifs is 1. The zero-order valence-corrected chi connectivity index (χ0v) is 10.1. The number of nitrogens with one attached hydrogen (secondary N) is 1. The van der Waals surface area contributed by atoms with E-state index >= 15 is 0 Å². The molecule has 1 saturated heterocycles. The third-order valence-electron chi connectivity index (χ3n) is 3.20. The van der Waals surface area contributed by atoms with E-state index in [1.807, 2.05) is 0 Å². The highest BCUT2D eigenvalue weighted by Crippen LogP contribution is 2.42. The van der Waals surface area contributed by atoms with Crippen LogP contribution in [0.3, 0.4) is 0 Å². The highest BCUT2D eigenvalue weighted by atomic mass is 19.2. The molecule has 9 nitrogen and oxygen atoms in total. The zero-order chi connectivity index (χ0) is 14.5. The third kappa shape index (κ3) is 1.73. The number of nitrogen functional groups attached to an aromatic ring is 1. The van der Waals surface area contributed by atoms with Crippen molar-refractivity contribution in [1.29, 1.82) is 0 Å². The number of anilines is 1. The second-order valence-electron chi connectivity index (χ2n) is 4.49. The average molecular weight is 285 g/mol. The van der Waals surface area contributed by atoms with E-state index in [0.717, 1.165) is 0 Å². The van der Waals surface area contributed by atoms with Gasteiger partial charge in [0.2, 0.25) is 0 Å². The summed E-state index contributed by atoms with van der Waals surface area (Å²) in [7, 11) is 0. The van der Waals surface area contributed by atoms with Gasteiger partial charge in [0.25, 0.3) is 5.85 Å². The second kappa shape index (κ2) is 4.31. The standard InChI is InChI=1S/C10H12FN5O4/c11-10(19)5(18)3(1-17)20-6(10)9-15-7(12)4-8(16-9)14-2-13-4/h2-3,5-6,17-19H,1H2,(H3,12,13,14,15,16)/t3-,5-,6?,10+/m1/s1. The summed E-state index contributed by atoms with van der Waals surface area (Å²) >= 11 is 0. The maximum atomic E-state index is 14.2. The number of imidazole rings is 1. The fraction of sp³-hybridized carbons (Fsp3) is 0.500. The van der Waals surface area contributed by atoms with Crippen LogP contribution < -0.4 is 5.73 Å². The number of nitrogens with zero attached hydrogens (tertiary/aromatic N) is 3. The molecule has 0 aromatic carbocycles. The van der Waals surface area contributed by atoms with E-state index in [1.165, 1.54) is 6.33 Å². The van der Waals surface area contributed by atoms with Gasteiger partial charge in [-0.3, -0.25) is 0 Å². The lowest BCUT2D eigenvalue weighted by Crippen LogP contribution is -2.42. The Morgan fingerprint density at radius 3 is 2.90 bits per heavy atom. The molecule has 0 aliphatic carbocycles. The Kier molecular flexibility index (Phi) is 2.83. The largest absolute Gasteiger partial charge is 0.394 e. The minimum atomic E-state index is -3.11. The Hall–Kier alpha value is -1.88. The van der Waals surface area contributed by atoms with Gasteiger partial charge in [0.05, 0.1) is 6.61 Å². The second-order valence-corrected chi connectivity index (χ2v) is 4.49. The Morgan fingerprint density at radius 1 is 1.50 bits per heavy atom. The molecule has 6 N–H and O–H groups in total. The highest BCUT2D eigenvalue weighted by Gasteiger charge is 2.58. The van der Waals surface area contributed by atoms with Crippen molar-refractivity contribution < 1.29 is 24.4 Å². The number of aliphatic hydroxyl groups excluding tert-OH is 2. The average Bonchev–Trinajstić information content (AvgIpc) is 2.95. The van der Waals surface area contributed by atoms with Crippen LogP contribution in [0.1, 0.15) is 11.9 Å². The molecule has 3 aliphatic heterocycles. The summed E-state index contributed by atoms with van der Waals surface area (Å²) in [6.45, 7) is -0.655. The number of H-pyrrole nitrogens is 1. The molecule has 0 aromatic rings. The van der Waals surface area contributed by atoms with Gasteiger partial charge in [-0.1, -0.05) is 0 Å². The quantitative estimate of drug-likeness (QED) is 0.440. The van der Waals surface area contributed by atoms with E-state index in [2.05, 4.69) is 19.9 Å². The first kappa shape index (κ1) is 13.1. The fourth-order valence-electron chi connectivity index (χ4n) is 2.15. The van der Waals surface area contributed by atoms with Gasteiger partial charge in [-0.25, -0.2) is 19.3 Å². The number of hydrogen-bond donors (Lipinski definition) is 5. The van der Waals surface area contributed by atoms with Crippen LogP contribution in [0.15, 0.2) is 6.33 Å². The number of aromatic nitrogens is 4. The van der Waals surface area contributed by atoms with E-state index in [1.54, 1.807) is 0 Å². The van der Waals surface area contributed by atoms with Gasteiger partial charge in [-0.15, -0.1) is 0 Å². The lowest BCUT2D eigenvalue weighted by Gasteiger charge is -2.22. The first-order valence-electron chi connectivity index (χ1n) is 5.77. The van der Waals surface area contributed by atoms with Gasteiger partial charge in [0.1, 0.15) is 35.9 Å². The van der Waals surface area contributed by atoms with Crippen LogP contribution in [-0.2, 0) is 4.74 Å². The minimum absolute atomic E-state index is 0.0730. The molecular weight excluding hydrogens is 273 g/mol. The van der Waals surface area contributed by atoms with Crippen molar-refractivity contribution in [3.8, 4) is 11.5 Å². The number of rotatable bonds is 2. The molecule has 0 amide bonds. The van der Waals surface area contributed by atoms with E-state index in [4.69, 9.17) is 15.6 Å². The van der Waals surface area contributed by atoms with Gasteiger partial charge in [-0.05, 0) is 0 Å². The van der Waals surface area contributed by atoms with Crippen LogP contribution in [0.4, 0.5) is 10.2 Å². The SMILES string of the molecule is Nc1[nH]c(C2O[C@H](CO)[C@@H](O)[C@@]2(O)F)nc2ncnc1-2. The molecule has 4 atom stereocenters. The van der Waals surface area contributed by atoms with Crippen LogP contribution >= 0.6 is 0 Å². The Balaban J connectivity index is 2.05. The van der Waals surface area contributed by atoms with Crippen molar-refractivity contribution in [2.24, 2.45) is 0 Å². The van der Waals surface area contributed by atoms with E-state index in [0.29, 0.717) is 5.69 Å². The number of hydrogen-bond acceptors (Lipinski definition) is 8. The zero-order valence-electron chi connectivity index (χ0n) is 10.1. The Morgan fingerprint density at radius 2 is 2.25 bits per heavy atom. The number of halogens is 1. The number of alkyl halides is 1. The molecule has 1 unspecified atom stereocenters. The van der Waals surface area contributed by atoms with Crippen molar-refractivity contribution in [1.82, 2.24) is 19.9 Å². The molecule has 3 rings (SSSR count). The maximum Gasteiger partial charge on any atom is 0.269 e. The molecule has 3 heterocycles. The fourth-order valence-corrected chi connectivity index (χ4v) is 2.15. The summed E-state index contributed by atoms with van der Waals surface area (Å²) < 4.78 is 19.3. The summed E-state index contributed by atoms with van der Waals surface area (Å²) in [5.41, 5.74) is 5.99. The molecule has 20 heavy (non-hydrogen) atoms. The van der Waals surface area contributed by atoms with Crippen LogP contribution in [0, 0.1) is 0 Å². The van der Waals surface area contributed by atoms with Crippen molar-refractivity contribution >= 4 is 5.82 Å². The first-order chi connectivity index (χ1) is 9.45. The van der Waals surface area contributed by atoms with E-state index in [-0.39, 0.29) is 17.5 Å².